The van der Waals surface area contributed by atoms with Gasteiger partial charge in [0.05, 0.1) is 30.0 Å². The molecule has 0 unspecified atom stereocenters. The van der Waals surface area contributed by atoms with Crippen molar-refractivity contribution >= 4 is 38.9 Å². The molecule has 2 aromatic carbocycles. The van der Waals surface area contributed by atoms with Gasteiger partial charge in [0.1, 0.15) is 0 Å². The SMILES string of the molecule is CCCCC1(CCCC)CN(c2ccc(OC)c(F)c2)c2cc(SC)c(CNCC(=O)O)cc2S(=O)(=O)C1. The second-order valence-electron chi connectivity index (χ2n) is 10.0. The molecule has 0 saturated carbocycles. The first kappa shape index (κ1) is 30.2. The number of halogens is 1. The highest BCUT2D eigenvalue weighted by Crippen LogP contribution is 2.47. The van der Waals surface area contributed by atoms with Crippen LogP contribution in [-0.2, 0) is 21.2 Å². The maximum atomic E-state index is 14.9. The summed E-state index contributed by atoms with van der Waals surface area (Å²) in [6.07, 6.45) is 7.13. The normalized spacial score (nSPS) is 16.1. The van der Waals surface area contributed by atoms with E-state index in [1.165, 1.54) is 24.9 Å². The fraction of sp³-hybridized carbons (Fsp3) is 0.536. The molecule has 0 atom stereocenters. The highest BCUT2D eigenvalue weighted by Gasteiger charge is 2.42. The molecule has 210 valence electrons. The second kappa shape index (κ2) is 13.2. The number of thioether (sulfide) groups is 1. The maximum absolute atomic E-state index is 14.9. The topological polar surface area (TPSA) is 95.9 Å². The Morgan fingerprint density at radius 3 is 2.42 bits per heavy atom. The molecule has 0 radical (unpaired) electrons. The average Bonchev–Trinajstić information content (AvgIpc) is 2.97. The molecule has 0 aliphatic carbocycles. The Labute approximate surface area is 230 Å². The molecule has 1 heterocycles. The number of unbranched alkanes of at least 4 members (excludes halogenated alkanes) is 2. The number of carbonyl (C=O) groups is 1. The van der Waals surface area contributed by atoms with Gasteiger partial charge in [-0.2, -0.15) is 0 Å². The molecular weight excluding hydrogens is 527 g/mol. The van der Waals surface area contributed by atoms with Crippen molar-refractivity contribution in [3.8, 4) is 5.75 Å². The van der Waals surface area contributed by atoms with Gasteiger partial charge in [0, 0.05) is 35.2 Å². The van der Waals surface area contributed by atoms with Gasteiger partial charge in [-0.3, -0.25) is 4.79 Å². The quantitative estimate of drug-likeness (QED) is 0.284. The molecule has 1 aliphatic heterocycles. The first-order chi connectivity index (χ1) is 18.1. The van der Waals surface area contributed by atoms with Gasteiger partial charge in [0.2, 0.25) is 0 Å². The Hall–Kier alpha value is -2.30. The summed E-state index contributed by atoms with van der Waals surface area (Å²) in [4.78, 5) is 14.0. The van der Waals surface area contributed by atoms with Crippen LogP contribution in [0.5, 0.6) is 5.75 Å². The van der Waals surface area contributed by atoms with Crippen molar-refractivity contribution in [3.05, 3.63) is 41.7 Å². The smallest absolute Gasteiger partial charge is 0.317 e. The zero-order valence-corrected chi connectivity index (χ0v) is 24.3. The van der Waals surface area contributed by atoms with E-state index in [0.29, 0.717) is 17.9 Å². The molecular formula is C28H39FN2O5S2. The van der Waals surface area contributed by atoms with Gasteiger partial charge in [-0.05, 0) is 48.9 Å². The molecule has 1 aliphatic rings. The Bertz CT molecular complexity index is 1230. The minimum atomic E-state index is -3.71. The first-order valence-electron chi connectivity index (χ1n) is 13.1. The zero-order chi connectivity index (χ0) is 27.9. The Morgan fingerprint density at radius 2 is 1.87 bits per heavy atom. The number of ether oxygens (including phenoxy) is 1. The number of anilines is 2. The molecule has 2 N–H and O–H groups in total. The van der Waals surface area contributed by atoms with Crippen LogP contribution in [0.3, 0.4) is 0 Å². The molecule has 2 aromatic rings. The molecule has 0 fully saturated rings. The summed E-state index contributed by atoms with van der Waals surface area (Å²) in [5, 5.41) is 11.9. The number of nitrogens with one attached hydrogen (secondary N) is 1. The number of hydrogen-bond donors (Lipinski definition) is 2. The molecule has 7 nitrogen and oxygen atoms in total. The zero-order valence-electron chi connectivity index (χ0n) is 22.7. The van der Waals surface area contributed by atoms with Crippen LogP contribution in [0.15, 0.2) is 40.1 Å². The van der Waals surface area contributed by atoms with E-state index in [0.717, 1.165) is 49.0 Å². The Balaban J connectivity index is 2.24. The van der Waals surface area contributed by atoms with Crippen molar-refractivity contribution in [2.45, 2.75) is 68.7 Å². The summed E-state index contributed by atoms with van der Waals surface area (Å²) in [5.41, 5.74) is 1.32. The van der Waals surface area contributed by atoms with E-state index < -0.39 is 27.0 Å². The number of hydrogen-bond acceptors (Lipinski definition) is 7. The van der Waals surface area contributed by atoms with E-state index in [2.05, 4.69) is 19.2 Å². The number of sulfone groups is 1. The van der Waals surface area contributed by atoms with E-state index in [9.17, 15) is 17.6 Å². The Morgan fingerprint density at radius 1 is 1.18 bits per heavy atom. The molecule has 10 heteroatoms. The van der Waals surface area contributed by atoms with Crippen LogP contribution in [0.2, 0.25) is 0 Å². The van der Waals surface area contributed by atoms with Crippen LogP contribution >= 0.6 is 11.8 Å². The molecule has 0 spiro atoms. The summed E-state index contributed by atoms with van der Waals surface area (Å²) < 4.78 is 48.2. The van der Waals surface area contributed by atoms with Gasteiger partial charge in [0.15, 0.2) is 21.4 Å². The summed E-state index contributed by atoms with van der Waals surface area (Å²) in [5.74, 6) is -1.35. The number of aliphatic carboxylic acids is 1. The first-order valence-corrected chi connectivity index (χ1v) is 15.9. The van der Waals surface area contributed by atoms with Crippen LogP contribution in [-0.4, -0.2) is 51.7 Å². The van der Waals surface area contributed by atoms with E-state index >= 15 is 0 Å². The van der Waals surface area contributed by atoms with Crippen molar-refractivity contribution in [1.29, 1.82) is 0 Å². The molecule has 3 rings (SSSR count). The second-order valence-corrected chi connectivity index (χ2v) is 12.8. The molecule has 0 amide bonds. The van der Waals surface area contributed by atoms with Crippen molar-refractivity contribution in [2.75, 3.05) is 37.1 Å². The van der Waals surface area contributed by atoms with E-state index in [1.807, 2.05) is 17.2 Å². The van der Waals surface area contributed by atoms with Crippen molar-refractivity contribution < 1.29 is 27.4 Å². The fourth-order valence-corrected chi connectivity index (χ4v) is 7.99. The van der Waals surface area contributed by atoms with Crippen molar-refractivity contribution in [2.24, 2.45) is 5.41 Å². The molecule has 0 aromatic heterocycles. The number of nitrogens with zero attached hydrogens (tertiary/aromatic N) is 1. The van der Waals surface area contributed by atoms with Gasteiger partial charge in [0.25, 0.3) is 0 Å². The van der Waals surface area contributed by atoms with Gasteiger partial charge in [-0.15, -0.1) is 11.8 Å². The van der Waals surface area contributed by atoms with Gasteiger partial charge in [-0.1, -0.05) is 39.5 Å². The van der Waals surface area contributed by atoms with Gasteiger partial charge >= 0.3 is 5.97 Å². The molecule has 38 heavy (non-hydrogen) atoms. The van der Waals surface area contributed by atoms with Crippen molar-refractivity contribution in [1.82, 2.24) is 5.32 Å². The minimum Gasteiger partial charge on any atom is -0.494 e. The lowest BCUT2D eigenvalue weighted by Gasteiger charge is -2.37. The molecule has 0 saturated heterocycles. The highest BCUT2D eigenvalue weighted by molar-refractivity contribution is 7.98. The largest absolute Gasteiger partial charge is 0.494 e. The predicted octanol–water partition coefficient (Wildman–Crippen LogP) is 6.02. The van der Waals surface area contributed by atoms with Gasteiger partial charge in [-0.25, -0.2) is 12.8 Å². The number of carboxylic acid groups (broad SMARTS) is 1. The summed E-state index contributed by atoms with van der Waals surface area (Å²) in [7, 11) is -2.30. The summed E-state index contributed by atoms with van der Waals surface area (Å²) >= 11 is 1.47. The number of fused-ring (bicyclic) bond motifs is 1. The minimum absolute atomic E-state index is 0.0166. The van der Waals surface area contributed by atoms with Gasteiger partial charge < -0.3 is 20.1 Å². The third kappa shape index (κ3) is 7.01. The van der Waals surface area contributed by atoms with E-state index in [1.54, 1.807) is 18.2 Å². The van der Waals surface area contributed by atoms with E-state index in [4.69, 9.17) is 9.84 Å². The monoisotopic (exact) mass is 566 g/mol. The molecule has 0 bridgehead atoms. The Kier molecular flexibility index (Phi) is 10.5. The number of benzene rings is 2. The fourth-order valence-electron chi connectivity index (χ4n) is 5.22. The summed E-state index contributed by atoms with van der Waals surface area (Å²) in [6, 6.07) is 8.28. The third-order valence-corrected chi connectivity index (χ3v) is 9.95. The highest BCUT2D eigenvalue weighted by atomic mass is 32.2. The van der Waals surface area contributed by atoms with Crippen LogP contribution in [0.4, 0.5) is 15.8 Å². The van der Waals surface area contributed by atoms with Crippen LogP contribution in [0.1, 0.15) is 57.9 Å². The predicted molar refractivity (Wildman–Crippen MR) is 151 cm³/mol. The van der Waals surface area contributed by atoms with Crippen LogP contribution in [0, 0.1) is 11.2 Å². The standard InChI is InChI=1S/C28H39FN2O5S2/c1-5-7-11-28(12-8-6-2)18-31(21-9-10-24(36-3)22(29)14-21)23-15-25(37-4)20(16-30-17-27(32)33)13-26(23)38(34,35)19-28/h9-10,13-15,30H,5-8,11-12,16-19H2,1-4H3,(H,32,33). The van der Waals surface area contributed by atoms with Crippen molar-refractivity contribution in [3.63, 3.8) is 0 Å². The van der Waals surface area contributed by atoms with Crippen LogP contribution < -0.4 is 15.0 Å². The third-order valence-electron chi connectivity index (χ3n) is 7.14. The lowest BCUT2D eigenvalue weighted by atomic mass is 9.79. The van der Waals surface area contributed by atoms with E-state index in [-0.39, 0.29) is 29.5 Å². The lowest BCUT2D eigenvalue weighted by molar-refractivity contribution is -0.136. The maximum Gasteiger partial charge on any atom is 0.317 e. The van der Waals surface area contributed by atoms with Crippen LogP contribution in [0.25, 0.3) is 0 Å². The average molecular weight is 567 g/mol. The number of carboxylic acids is 1. The number of methoxy groups -OCH3 is 1. The summed E-state index contributed by atoms with van der Waals surface area (Å²) in [6.45, 7) is 4.65. The number of rotatable bonds is 13. The lowest BCUT2D eigenvalue weighted by Crippen LogP contribution is -2.38.